The van der Waals surface area contributed by atoms with Gasteiger partial charge in [-0.2, -0.15) is 5.10 Å². The van der Waals surface area contributed by atoms with Crippen LogP contribution in [0.4, 0.5) is 0 Å². The van der Waals surface area contributed by atoms with Gasteiger partial charge in [0.05, 0.1) is 16.9 Å². The first-order valence-electron chi connectivity index (χ1n) is 8.38. The van der Waals surface area contributed by atoms with Crippen molar-refractivity contribution < 1.29 is 0 Å². The lowest BCUT2D eigenvalue weighted by Crippen LogP contribution is -2.27. The van der Waals surface area contributed by atoms with Crippen LogP contribution in [0.2, 0.25) is 0 Å². The summed E-state index contributed by atoms with van der Waals surface area (Å²) >= 11 is 0. The molecule has 0 atom stereocenters. The van der Waals surface area contributed by atoms with Crippen LogP contribution in [-0.2, 0) is 12.0 Å². The average Bonchev–Trinajstić information content (AvgIpc) is 3.13. The van der Waals surface area contributed by atoms with E-state index in [1.54, 1.807) is 0 Å². The molecule has 0 saturated heterocycles. The molecule has 0 amide bonds. The highest BCUT2D eigenvalue weighted by atomic mass is 15.3. The fourth-order valence-corrected chi connectivity index (χ4v) is 3.41. The highest BCUT2D eigenvalue weighted by Crippen LogP contribution is 2.43. The maximum absolute atomic E-state index is 5.06. The SMILES string of the molecule is CCC(C)(C)n1nc(-c2ccccc2)c2c1-c1ccccc1C2. The summed E-state index contributed by atoms with van der Waals surface area (Å²) in [6, 6.07) is 19.3. The second kappa shape index (κ2) is 5.09. The number of hydrogen-bond acceptors (Lipinski definition) is 1. The van der Waals surface area contributed by atoms with E-state index >= 15 is 0 Å². The number of benzene rings is 2. The number of fused-ring (bicyclic) bond motifs is 3. The van der Waals surface area contributed by atoms with Crippen LogP contribution < -0.4 is 0 Å². The molecule has 0 saturated carbocycles. The Morgan fingerprint density at radius 3 is 2.43 bits per heavy atom. The second-order valence-electron chi connectivity index (χ2n) is 6.95. The maximum atomic E-state index is 5.06. The van der Waals surface area contributed by atoms with Gasteiger partial charge in [0.2, 0.25) is 0 Å². The minimum Gasteiger partial charge on any atom is -0.258 e. The molecule has 1 aromatic heterocycles. The van der Waals surface area contributed by atoms with Crippen LogP contribution in [0, 0.1) is 0 Å². The third-order valence-electron chi connectivity index (χ3n) is 5.11. The highest BCUT2D eigenvalue weighted by Gasteiger charge is 2.32. The molecule has 116 valence electrons. The molecule has 0 fully saturated rings. The van der Waals surface area contributed by atoms with Crippen molar-refractivity contribution >= 4 is 0 Å². The summed E-state index contributed by atoms with van der Waals surface area (Å²) in [6.07, 6.45) is 2.03. The second-order valence-corrected chi connectivity index (χ2v) is 6.95. The van der Waals surface area contributed by atoms with Gasteiger partial charge in [-0.1, -0.05) is 61.5 Å². The minimum atomic E-state index is 0.00850. The molecular formula is C21H22N2. The molecule has 0 bridgehead atoms. The molecule has 2 heteroatoms. The van der Waals surface area contributed by atoms with E-state index in [-0.39, 0.29) is 5.54 Å². The summed E-state index contributed by atoms with van der Waals surface area (Å²) in [4.78, 5) is 0. The molecule has 2 aromatic carbocycles. The van der Waals surface area contributed by atoms with E-state index in [0.29, 0.717) is 0 Å². The molecule has 0 spiro atoms. The van der Waals surface area contributed by atoms with Crippen molar-refractivity contribution in [3.63, 3.8) is 0 Å². The van der Waals surface area contributed by atoms with E-state index in [4.69, 9.17) is 5.10 Å². The Balaban J connectivity index is 2.00. The molecule has 1 heterocycles. The first kappa shape index (κ1) is 14.3. The maximum Gasteiger partial charge on any atom is 0.0965 e. The van der Waals surface area contributed by atoms with Crippen molar-refractivity contribution in [2.24, 2.45) is 0 Å². The average molecular weight is 302 g/mol. The van der Waals surface area contributed by atoms with Crippen molar-refractivity contribution in [3.8, 4) is 22.5 Å². The van der Waals surface area contributed by atoms with Crippen LogP contribution >= 0.6 is 0 Å². The Morgan fingerprint density at radius 1 is 1.00 bits per heavy atom. The molecule has 4 rings (SSSR count). The summed E-state index contributed by atoms with van der Waals surface area (Å²) in [5, 5.41) is 5.06. The molecule has 0 unspecified atom stereocenters. The van der Waals surface area contributed by atoms with Crippen molar-refractivity contribution in [1.82, 2.24) is 9.78 Å². The fraction of sp³-hybridized carbons (Fsp3) is 0.286. The lowest BCUT2D eigenvalue weighted by molar-refractivity contribution is 0.312. The monoisotopic (exact) mass is 302 g/mol. The van der Waals surface area contributed by atoms with Gasteiger partial charge in [-0.15, -0.1) is 0 Å². The quantitative estimate of drug-likeness (QED) is 0.504. The summed E-state index contributed by atoms with van der Waals surface area (Å²) in [6.45, 7) is 6.78. The van der Waals surface area contributed by atoms with Crippen molar-refractivity contribution in [2.45, 2.75) is 39.2 Å². The van der Waals surface area contributed by atoms with Gasteiger partial charge in [0.1, 0.15) is 0 Å². The summed E-state index contributed by atoms with van der Waals surface area (Å²) in [5.41, 5.74) is 7.80. The molecule has 2 nitrogen and oxygen atoms in total. The van der Waals surface area contributed by atoms with Crippen LogP contribution in [0.25, 0.3) is 22.5 Å². The smallest absolute Gasteiger partial charge is 0.0965 e. The van der Waals surface area contributed by atoms with Gasteiger partial charge in [0, 0.05) is 23.1 Å². The number of aromatic nitrogens is 2. The molecule has 0 aliphatic heterocycles. The Hall–Kier alpha value is -2.35. The van der Waals surface area contributed by atoms with Crippen LogP contribution in [0.15, 0.2) is 54.6 Å². The Kier molecular flexibility index (Phi) is 3.15. The largest absolute Gasteiger partial charge is 0.258 e. The predicted molar refractivity (Wildman–Crippen MR) is 95.5 cm³/mol. The van der Waals surface area contributed by atoms with E-state index < -0.39 is 0 Å². The predicted octanol–water partition coefficient (Wildman–Crippen LogP) is 5.27. The van der Waals surface area contributed by atoms with E-state index in [1.807, 2.05) is 0 Å². The van der Waals surface area contributed by atoms with Gasteiger partial charge >= 0.3 is 0 Å². The first-order valence-corrected chi connectivity index (χ1v) is 8.38. The third kappa shape index (κ3) is 2.13. The van der Waals surface area contributed by atoms with Gasteiger partial charge in [-0.05, 0) is 25.8 Å². The Labute approximate surface area is 137 Å². The van der Waals surface area contributed by atoms with E-state index in [0.717, 1.165) is 18.5 Å². The van der Waals surface area contributed by atoms with Crippen molar-refractivity contribution in [3.05, 3.63) is 65.7 Å². The lowest BCUT2D eigenvalue weighted by Gasteiger charge is -2.26. The molecule has 0 radical (unpaired) electrons. The highest BCUT2D eigenvalue weighted by molar-refractivity contribution is 5.81. The molecular weight excluding hydrogens is 280 g/mol. The van der Waals surface area contributed by atoms with Gasteiger partial charge in [0.15, 0.2) is 0 Å². The molecule has 0 N–H and O–H groups in total. The molecule has 1 aliphatic carbocycles. The van der Waals surface area contributed by atoms with Crippen LogP contribution in [-0.4, -0.2) is 9.78 Å². The number of hydrogen-bond donors (Lipinski definition) is 0. The standard InChI is InChI=1S/C21H22N2/c1-4-21(2,3)23-20-17-13-9-8-12-16(17)14-18(20)19(22-23)15-10-6-5-7-11-15/h5-13H,4,14H2,1-3H3. The summed E-state index contributed by atoms with van der Waals surface area (Å²) < 4.78 is 2.26. The van der Waals surface area contributed by atoms with E-state index in [2.05, 4.69) is 80.1 Å². The van der Waals surface area contributed by atoms with Crippen molar-refractivity contribution in [1.29, 1.82) is 0 Å². The zero-order chi connectivity index (χ0) is 16.0. The molecule has 1 aliphatic rings. The normalized spacial score (nSPS) is 13.0. The lowest BCUT2D eigenvalue weighted by atomic mass is 10.0. The summed E-state index contributed by atoms with van der Waals surface area (Å²) in [7, 11) is 0. The van der Waals surface area contributed by atoms with Crippen molar-refractivity contribution in [2.75, 3.05) is 0 Å². The number of nitrogens with zero attached hydrogens (tertiary/aromatic N) is 2. The fourth-order valence-electron chi connectivity index (χ4n) is 3.41. The molecule has 3 aromatic rings. The van der Waals surface area contributed by atoms with E-state index in [1.165, 1.54) is 27.9 Å². The summed E-state index contributed by atoms with van der Waals surface area (Å²) in [5.74, 6) is 0. The number of rotatable bonds is 3. The van der Waals surface area contributed by atoms with Crippen LogP contribution in [0.3, 0.4) is 0 Å². The Morgan fingerprint density at radius 2 is 1.70 bits per heavy atom. The minimum absolute atomic E-state index is 0.00850. The molecule has 23 heavy (non-hydrogen) atoms. The first-order chi connectivity index (χ1) is 11.1. The zero-order valence-corrected chi connectivity index (χ0v) is 14.0. The van der Waals surface area contributed by atoms with Crippen LogP contribution in [0.5, 0.6) is 0 Å². The third-order valence-corrected chi connectivity index (χ3v) is 5.11. The van der Waals surface area contributed by atoms with Gasteiger partial charge < -0.3 is 0 Å². The van der Waals surface area contributed by atoms with Gasteiger partial charge in [-0.3, -0.25) is 4.68 Å². The van der Waals surface area contributed by atoms with Gasteiger partial charge in [0.25, 0.3) is 0 Å². The Bertz CT molecular complexity index is 857. The van der Waals surface area contributed by atoms with Crippen LogP contribution in [0.1, 0.15) is 38.3 Å². The zero-order valence-electron chi connectivity index (χ0n) is 14.0. The van der Waals surface area contributed by atoms with Gasteiger partial charge in [-0.25, -0.2) is 0 Å². The van der Waals surface area contributed by atoms with E-state index in [9.17, 15) is 0 Å². The topological polar surface area (TPSA) is 17.8 Å².